The van der Waals surface area contributed by atoms with Crippen molar-refractivity contribution in [2.75, 3.05) is 6.61 Å². The van der Waals surface area contributed by atoms with Crippen molar-refractivity contribution in [3.63, 3.8) is 0 Å². The topological polar surface area (TPSA) is 18.5 Å². The van der Waals surface area contributed by atoms with Crippen LogP contribution in [0.5, 0.6) is 5.75 Å². The Morgan fingerprint density at radius 1 is 1.17 bits per heavy atom. The van der Waals surface area contributed by atoms with Crippen molar-refractivity contribution in [1.82, 2.24) is 0 Å². The van der Waals surface area contributed by atoms with Crippen molar-refractivity contribution < 1.29 is 9.47 Å². The number of benzene rings is 1. The molecule has 0 aliphatic rings. The van der Waals surface area contributed by atoms with E-state index in [0.717, 1.165) is 5.75 Å². The van der Waals surface area contributed by atoms with Crippen LogP contribution in [0.25, 0.3) is 0 Å². The molecule has 0 aliphatic carbocycles. The fourth-order valence-electron chi connectivity index (χ4n) is 0.741. The average molecular weight is 164 g/mol. The first-order valence-electron chi connectivity index (χ1n) is 3.92. The minimum Gasteiger partial charge on any atom is -0.498 e. The lowest BCUT2D eigenvalue weighted by molar-refractivity contribution is 0.258. The minimum absolute atomic E-state index is 0.661. The number of para-hydroxylation sites is 1. The number of hydrogen-bond acceptors (Lipinski definition) is 2. The second-order valence-electron chi connectivity index (χ2n) is 2.16. The van der Waals surface area contributed by atoms with Gasteiger partial charge in [-0.1, -0.05) is 18.2 Å². The monoisotopic (exact) mass is 164 g/mol. The van der Waals surface area contributed by atoms with Crippen molar-refractivity contribution in [2.24, 2.45) is 0 Å². The van der Waals surface area contributed by atoms with Gasteiger partial charge in [0.25, 0.3) is 0 Å². The van der Waals surface area contributed by atoms with Gasteiger partial charge in [-0.15, -0.1) is 0 Å². The predicted octanol–water partition coefficient (Wildman–Crippen LogP) is 2.57. The molecule has 12 heavy (non-hydrogen) atoms. The van der Waals surface area contributed by atoms with E-state index in [4.69, 9.17) is 9.47 Å². The van der Waals surface area contributed by atoms with E-state index in [0.29, 0.717) is 6.61 Å². The Kier molecular flexibility index (Phi) is 3.78. The Labute approximate surface area is 72.4 Å². The highest BCUT2D eigenvalue weighted by Gasteiger charge is 1.84. The third kappa shape index (κ3) is 3.10. The molecule has 0 fully saturated rings. The molecule has 0 aliphatic heterocycles. The normalized spacial score (nSPS) is 10.1. The van der Waals surface area contributed by atoms with Gasteiger partial charge in [0.15, 0.2) is 0 Å². The standard InChI is InChI=1S/C10H12O2/c1-2-11-8-9-12-10-6-4-3-5-7-10/h3-9H,2H2,1H3. The van der Waals surface area contributed by atoms with E-state index in [1.54, 1.807) is 0 Å². The molecular formula is C10H12O2. The van der Waals surface area contributed by atoms with Crippen LogP contribution < -0.4 is 4.74 Å². The molecule has 0 saturated carbocycles. The van der Waals surface area contributed by atoms with Gasteiger partial charge in [0.2, 0.25) is 0 Å². The van der Waals surface area contributed by atoms with Gasteiger partial charge in [-0.2, -0.15) is 0 Å². The van der Waals surface area contributed by atoms with Gasteiger partial charge >= 0.3 is 0 Å². The Bertz CT molecular complexity index is 229. The van der Waals surface area contributed by atoms with E-state index < -0.39 is 0 Å². The van der Waals surface area contributed by atoms with E-state index in [2.05, 4.69) is 0 Å². The van der Waals surface area contributed by atoms with Crippen LogP contribution in [0.2, 0.25) is 0 Å². The molecule has 0 atom stereocenters. The highest BCUT2D eigenvalue weighted by Crippen LogP contribution is 2.07. The Hall–Kier alpha value is -1.44. The maximum absolute atomic E-state index is 5.20. The summed E-state index contributed by atoms with van der Waals surface area (Å²) in [5.74, 6) is 0.813. The van der Waals surface area contributed by atoms with Gasteiger partial charge in [-0.3, -0.25) is 0 Å². The number of ether oxygens (including phenoxy) is 2. The highest BCUT2D eigenvalue weighted by molar-refractivity contribution is 5.21. The van der Waals surface area contributed by atoms with Crippen molar-refractivity contribution in [2.45, 2.75) is 6.92 Å². The summed E-state index contributed by atoms with van der Waals surface area (Å²) in [5.41, 5.74) is 0. The summed E-state index contributed by atoms with van der Waals surface area (Å²) in [6.07, 6.45) is 3.06. The first-order valence-corrected chi connectivity index (χ1v) is 3.92. The Balaban J connectivity index is 2.33. The van der Waals surface area contributed by atoms with Crippen LogP contribution in [0.4, 0.5) is 0 Å². The quantitative estimate of drug-likeness (QED) is 0.637. The van der Waals surface area contributed by atoms with Crippen molar-refractivity contribution in [1.29, 1.82) is 0 Å². The third-order valence-electron chi connectivity index (χ3n) is 1.27. The predicted molar refractivity (Wildman–Crippen MR) is 47.8 cm³/mol. The van der Waals surface area contributed by atoms with Crippen molar-refractivity contribution in [3.05, 3.63) is 42.9 Å². The maximum Gasteiger partial charge on any atom is 0.126 e. The van der Waals surface area contributed by atoms with Gasteiger partial charge in [0.1, 0.15) is 18.3 Å². The highest BCUT2D eigenvalue weighted by atomic mass is 16.5. The zero-order chi connectivity index (χ0) is 8.65. The van der Waals surface area contributed by atoms with Gasteiger partial charge in [-0.05, 0) is 19.1 Å². The number of hydrogen-bond donors (Lipinski definition) is 0. The lowest BCUT2D eigenvalue weighted by atomic mass is 10.3. The molecule has 1 aromatic carbocycles. The second kappa shape index (κ2) is 5.24. The number of rotatable bonds is 4. The molecule has 0 heterocycles. The maximum atomic E-state index is 5.20. The summed E-state index contributed by atoms with van der Waals surface area (Å²) in [6, 6.07) is 9.55. The lowest BCUT2D eigenvalue weighted by Gasteiger charge is -1.97. The van der Waals surface area contributed by atoms with Crippen LogP contribution in [0.15, 0.2) is 42.9 Å². The van der Waals surface area contributed by atoms with Gasteiger partial charge in [-0.25, -0.2) is 0 Å². The minimum atomic E-state index is 0.661. The van der Waals surface area contributed by atoms with Crippen LogP contribution in [-0.4, -0.2) is 6.61 Å². The van der Waals surface area contributed by atoms with E-state index in [1.807, 2.05) is 37.3 Å². The van der Waals surface area contributed by atoms with E-state index >= 15 is 0 Å². The molecule has 0 unspecified atom stereocenters. The molecule has 0 N–H and O–H groups in total. The first-order chi connectivity index (χ1) is 5.93. The summed E-state index contributed by atoms with van der Waals surface area (Å²) in [7, 11) is 0. The summed E-state index contributed by atoms with van der Waals surface area (Å²) in [6.45, 7) is 2.58. The van der Waals surface area contributed by atoms with Crippen molar-refractivity contribution in [3.8, 4) is 5.75 Å². The zero-order valence-corrected chi connectivity index (χ0v) is 7.07. The zero-order valence-electron chi connectivity index (χ0n) is 7.07. The molecule has 0 amide bonds. The average Bonchev–Trinajstić information content (AvgIpc) is 2.14. The molecule has 0 bridgehead atoms. The van der Waals surface area contributed by atoms with Gasteiger partial charge in [0, 0.05) is 0 Å². The molecule has 0 aromatic heterocycles. The molecule has 2 heteroatoms. The first kappa shape index (κ1) is 8.65. The van der Waals surface area contributed by atoms with Crippen LogP contribution in [0.1, 0.15) is 6.92 Å². The molecule has 1 rings (SSSR count). The van der Waals surface area contributed by atoms with E-state index in [-0.39, 0.29) is 0 Å². The Morgan fingerprint density at radius 3 is 2.58 bits per heavy atom. The smallest absolute Gasteiger partial charge is 0.126 e. The molecule has 0 spiro atoms. The van der Waals surface area contributed by atoms with Gasteiger partial charge < -0.3 is 9.47 Å². The Morgan fingerprint density at radius 2 is 1.92 bits per heavy atom. The van der Waals surface area contributed by atoms with Crippen LogP contribution >= 0.6 is 0 Å². The fourth-order valence-corrected chi connectivity index (χ4v) is 0.741. The molecule has 64 valence electrons. The van der Waals surface area contributed by atoms with Gasteiger partial charge in [0.05, 0.1) is 6.61 Å². The molecule has 0 radical (unpaired) electrons. The SMILES string of the molecule is CCOC=COc1ccccc1. The van der Waals surface area contributed by atoms with Crippen LogP contribution in [-0.2, 0) is 4.74 Å². The van der Waals surface area contributed by atoms with Crippen LogP contribution in [0.3, 0.4) is 0 Å². The fraction of sp³-hybridized carbons (Fsp3) is 0.200. The molecule has 0 saturated heterocycles. The molecular weight excluding hydrogens is 152 g/mol. The summed E-state index contributed by atoms with van der Waals surface area (Å²) in [5, 5.41) is 0. The van der Waals surface area contributed by atoms with Crippen molar-refractivity contribution >= 4 is 0 Å². The third-order valence-corrected chi connectivity index (χ3v) is 1.27. The molecule has 2 nitrogen and oxygen atoms in total. The molecule has 1 aromatic rings. The van der Waals surface area contributed by atoms with Crippen LogP contribution in [0, 0.1) is 0 Å². The summed E-state index contributed by atoms with van der Waals surface area (Å²) in [4.78, 5) is 0. The summed E-state index contributed by atoms with van der Waals surface area (Å²) >= 11 is 0. The largest absolute Gasteiger partial charge is 0.498 e. The lowest BCUT2D eigenvalue weighted by Crippen LogP contribution is -1.83. The second-order valence-corrected chi connectivity index (χ2v) is 2.16. The van der Waals surface area contributed by atoms with E-state index in [9.17, 15) is 0 Å². The van der Waals surface area contributed by atoms with E-state index in [1.165, 1.54) is 12.5 Å². The summed E-state index contributed by atoms with van der Waals surface area (Å²) < 4.78 is 10.2.